The third kappa shape index (κ3) is 6.23. The maximum atomic E-state index is 12.7. The highest BCUT2D eigenvalue weighted by atomic mass is 16.8. The summed E-state index contributed by atoms with van der Waals surface area (Å²) in [6.07, 6.45) is 4.05. The Bertz CT molecular complexity index is 507. The van der Waals surface area contributed by atoms with Crippen molar-refractivity contribution in [2.75, 3.05) is 20.1 Å². The molecule has 1 aliphatic rings. The largest absolute Gasteiger partial charge is 0.459 e. The maximum absolute atomic E-state index is 12.7. The van der Waals surface area contributed by atoms with Gasteiger partial charge in [0.15, 0.2) is 0 Å². The molecule has 1 saturated heterocycles. The second-order valence-electron chi connectivity index (χ2n) is 7.36. The molecule has 24 heavy (non-hydrogen) atoms. The van der Waals surface area contributed by atoms with E-state index in [-0.39, 0.29) is 5.97 Å². The number of hydrogen-bond donors (Lipinski definition) is 0. The minimum Gasteiger partial charge on any atom is -0.459 e. The summed E-state index contributed by atoms with van der Waals surface area (Å²) in [5, 5.41) is 3.58. The van der Waals surface area contributed by atoms with Crippen molar-refractivity contribution < 1.29 is 14.5 Å². The molecule has 1 aromatic rings. The number of esters is 1. The zero-order valence-corrected chi connectivity index (χ0v) is 15.3. The van der Waals surface area contributed by atoms with Crippen LogP contribution < -0.4 is 0 Å². The lowest BCUT2D eigenvalue weighted by molar-refractivity contribution is -0.332. The van der Waals surface area contributed by atoms with Crippen LogP contribution in [0.1, 0.15) is 45.6 Å². The number of hydrogen-bond acceptors (Lipinski definition) is 5. The zero-order valence-electron chi connectivity index (χ0n) is 15.3. The molecule has 0 radical (unpaired) electrons. The van der Waals surface area contributed by atoms with Gasteiger partial charge in [0, 0.05) is 26.6 Å². The van der Waals surface area contributed by atoms with Crippen molar-refractivity contribution in [2.45, 2.75) is 58.1 Å². The van der Waals surface area contributed by atoms with Gasteiger partial charge in [0.25, 0.3) is 0 Å². The molecule has 1 aliphatic heterocycles. The van der Waals surface area contributed by atoms with E-state index in [0.29, 0.717) is 6.42 Å². The van der Waals surface area contributed by atoms with Gasteiger partial charge in [0.2, 0.25) is 0 Å². The fourth-order valence-corrected chi connectivity index (χ4v) is 2.75. The van der Waals surface area contributed by atoms with Crippen LogP contribution in [0.5, 0.6) is 0 Å². The van der Waals surface area contributed by atoms with Crippen LogP contribution in [0.4, 0.5) is 0 Å². The molecule has 0 amide bonds. The van der Waals surface area contributed by atoms with Gasteiger partial charge in [-0.15, -0.1) is 0 Å². The van der Waals surface area contributed by atoms with Crippen molar-refractivity contribution in [1.82, 2.24) is 10.1 Å². The SMILES string of the molecule is CN(ON1CCCCC1)[C@@H](Cc1ccccc1)C(=O)OC(C)(C)C. The molecule has 1 heterocycles. The summed E-state index contributed by atoms with van der Waals surface area (Å²) in [5.74, 6) is -0.258. The standard InChI is InChI=1S/C19H30N2O3/c1-19(2,3)23-18(22)17(15-16-11-7-5-8-12-16)20(4)24-21-13-9-6-10-14-21/h5,7-8,11-12,17H,6,9-10,13-15H2,1-4H3/t17-/m0/s1. The average Bonchev–Trinajstić information content (AvgIpc) is 2.52. The summed E-state index contributed by atoms with van der Waals surface area (Å²) in [6.45, 7) is 7.45. The second-order valence-corrected chi connectivity index (χ2v) is 7.36. The normalized spacial score (nSPS) is 17.7. The Morgan fingerprint density at radius 2 is 1.79 bits per heavy atom. The van der Waals surface area contributed by atoms with Crippen molar-refractivity contribution in [3.63, 3.8) is 0 Å². The van der Waals surface area contributed by atoms with E-state index in [4.69, 9.17) is 9.68 Å². The maximum Gasteiger partial charge on any atom is 0.326 e. The van der Waals surface area contributed by atoms with Crippen LogP contribution in [-0.4, -0.2) is 47.9 Å². The third-order valence-corrected chi connectivity index (χ3v) is 3.95. The number of piperidine rings is 1. The number of rotatable bonds is 6. The Labute approximate surface area is 145 Å². The Morgan fingerprint density at radius 1 is 1.17 bits per heavy atom. The first-order chi connectivity index (χ1) is 11.3. The molecule has 5 nitrogen and oxygen atoms in total. The summed E-state index contributed by atoms with van der Waals surface area (Å²) >= 11 is 0. The van der Waals surface area contributed by atoms with E-state index >= 15 is 0 Å². The fourth-order valence-electron chi connectivity index (χ4n) is 2.75. The molecule has 0 aliphatic carbocycles. The van der Waals surface area contributed by atoms with Crippen molar-refractivity contribution in [2.24, 2.45) is 0 Å². The van der Waals surface area contributed by atoms with Gasteiger partial charge in [0.05, 0.1) is 0 Å². The molecule has 1 aromatic carbocycles. The predicted octanol–water partition coefficient (Wildman–Crippen LogP) is 3.20. The summed E-state index contributed by atoms with van der Waals surface area (Å²) in [6, 6.07) is 9.49. The van der Waals surface area contributed by atoms with Crippen molar-refractivity contribution in [3.05, 3.63) is 35.9 Å². The van der Waals surface area contributed by atoms with Crippen molar-refractivity contribution in [3.8, 4) is 0 Å². The minimum atomic E-state index is -0.516. The average molecular weight is 334 g/mol. The van der Waals surface area contributed by atoms with Gasteiger partial charge in [-0.2, -0.15) is 10.1 Å². The molecule has 0 aromatic heterocycles. The highest BCUT2D eigenvalue weighted by Crippen LogP contribution is 2.17. The molecule has 1 atom stereocenters. The molecule has 0 bridgehead atoms. The van der Waals surface area contributed by atoms with E-state index in [9.17, 15) is 4.79 Å². The molecule has 0 saturated carbocycles. The van der Waals surface area contributed by atoms with E-state index in [1.54, 1.807) is 5.06 Å². The molecular formula is C19H30N2O3. The number of benzene rings is 1. The summed E-state index contributed by atoms with van der Waals surface area (Å²) in [4.78, 5) is 18.6. The smallest absolute Gasteiger partial charge is 0.326 e. The number of carbonyl (C=O) groups is 1. The van der Waals surface area contributed by atoms with Crippen LogP contribution in [0.15, 0.2) is 30.3 Å². The molecule has 0 N–H and O–H groups in total. The summed E-state index contributed by atoms with van der Waals surface area (Å²) in [7, 11) is 1.81. The van der Waals surface area contributed by atoms with E-state index < -0.39 is 11.6 Å². The first-order valence-corrected chi connectivity index (χ1v) is 8.78. The van der Waals surface area contributed by atoms with Crippen LogP contribution >= 0.6 is 0 Å². The number of carbonyl (C=O) groups excluding carboxylic acids is 1. The van der Waals surface area contributed by atoms with Crippen molar-refractivity contribution >= 4 is 5.97 Å². The fraction of sp³-hybridized carbons (Fsp3) is 0.632. The highest BCUT2D eigenvalue weighted by Gasteiger charge is 2.31. The van der Waals surface area contributed by atoms with Gasteiger partial charge in [-0.1, -0.05) is 36.8 Å². The zero-order chi connectivity index (χ0) is 17.6. The lowest BCUT2D eigenvalue weighted by atomic mass is 10.1. The molecule has 5 heteroatoms. The summed E-state index contributed by atoms with van der Waals surface area (Å²) in [5.41, 5.74) is 0.570. The lowest BCUT2D eigenvalue weighted by Crippen LogP contribution is -2.47. The molecule has 0 spiro atoms. The Morgan fingerprint density at radius 3 is 2.38 bits per heavy atom. The van der Waals surface area contributed by atoms with Gasteiger partial charge in [-0.05, 0) is 39.2 Å². The first kappa shape index (κ1) is 18.9. The third-order valence-electron chi connectivity index (χ3n) is 3.95. The van der Waals surface area contributed by atoms with Crippen LogP contribution in [0.2, 0.25) is 0 Å². The second kappa shape index (κ2) is 8.60. The minimum absolute atomic E-state index is 0.258. The van der Waals surface area contributed by atoms with Gasteiger partial charge < -0.3 is 4.74 Å². The number of nitrogens with zero attached hydrogens (tertiary/aromatic N) is 2. The first-order valence-electron chi connectivity index (χ1n) is 8.78. The predicted molar refractivity (Wildman–Crippen MR) is 94.1 cm³/mol. The topological polar surface area (TPSA) is 42.0 Å². The van der Waals surface area contributed by atoms with Gasteiger partial charge >= 0.3 is 5.97 Å². The quantitative estimate of drug-likeness (QED) is 0.590. The van der Waals surface area contributed by atoms with Crippen LogP contribution in [0.3, 0.4) is 0 Å². The molecule has 134 valence electrons. The molecular weight excluding hydrogens is 304 g/mol. The monoisotopic (exact) mass is 334 g/mol. The molecule has 1 fully saturated rings. The van der Waals surface area contributed by atoms with E-state index in [1.165, 1.54) is 6.42 Å². The van der Waals surface area contributed by atoms with Gasteiger partial charge in [0.1, 0.15) is 11.6 Å². The van der Waals surface area contributed by atoms with Crippen LogP contribution in [0, 0.1) is 0 Å². The Balaban J connectivity index is 2.06. The number of ether oxygens (including phenoxy) is 1. The highest BCUT2D eigenvalue weighted by molar-refractivity contribution is 5.76. The van der Waals surface area contributed by atoms with Crippen molar-refractivity contribution in [1.29, 1.82) is 0 Å². The molecule has 0 unspecified atom stereocenters. The molecule has 2 rings (SSSR count). The van der Waals surface area contributed by atoms with E-state index in [1.807, 2.05) is 63.2 Å². The van der Waals surface area contributed by atoms with Gasteiger partial charge in [-0.3, -0.25) is 4.79 Å². The van der Waals surface area contributed by atoms with Crippen LogP contribution in [-0.2, 0) is 20.9 Å². The lowest BCUT2D eigenvalue weighted by Gasteiger charge is -2.34. The number of hydroxylamine groups is 4. The van der Waals surface area contributed by atoms with E-state index in [2.05, 4.69) is 0 Å². The Hall–Kier alpha value is -1.43. The Kier molecular flexibility index (Phi) is 6.78. The van der Waals surface area contributed by atoms with E-state index in [0.717, 1.165) is 31.5 Å². The van der Waals surface area contributed by atoms with Crippen LogP contribution in [0.25, 0.3) is 0 Å². The number of likely N-dealkylation sites (N-methyl/N-ethyl adjacent to an activating group) is 1. The van der Waals surface area contributed by atoms with Gasteiger partial charge in [-0.25, -0.2) is 4.94 Å². The summed E-state index contributed by atoms with van der Waals surface area (Å²) < 4.78 is 5.60.